The van der Waals surface area contributed by atoms with E-state index in [2.05, 4.69) is 24.0 Å². The SMILES string of the molecule is CCc1ccc([C@@H]2CCOC2)c(CN2CCOCC2)n1. The summed E-state index contributed by atoms with van der Waals surface area (Å²) < 4.78 is 11.0. The minimum absolute atomic E-state index is 0.532. The van der Waals surface area contributed by atoms with E-state index in [-0.39, 0.29) is 0 Å². The number of rotatable bonds is 4. The lowest BCUT2D eigenvalue weighted by Crippen LogP contribution is -2.36. The molecule has 110 valence electrons. The zero-order valence-corrected chi connectivity index (χ0v) is 12.3. The summed E-state index contributed by atoms with van der Waals surface area (Å²) in [4.78, 5) is 7.34. The number of nitrogens with zero attached hydrogens (tertiary/aromatic N) is 2. The monoisotopic (exact) mass is 276 g/mol. The predicted molar refractivity (Wildman–Crippen MR) is 77.9 cm³/mol. The first kappa shape index (κ1) is 14.0. The minimum Gasteiger partial charge on any atom is -0.381 e. The quantitative estimate of drug-likeness (QED) is 0.842. The topological polar surface area (TPSA) is 34.6 Å². The maximum atomic E-state index is 5.55. The van der Waals surface area contributed by atoms with Crippen LogP contribution in [0.15, 0.2) is 12.1 Å². The lowest BCUT2D eigenvalue weighted by atomic mass is 9.96. The first-order valence-electron chi connectivity index (χ1n) is 7.73. The van der Waals surface area contributed by atoms with Gasteiger partial charge in [0.1, 0.15) is 0 Å². The Labute approximate surface area is 121 Å². The number of aromatic nitrogens is 1. The summed E-state index contributed by atoms with van der Waals surface area (Å²) >= 11 is 0. The van der Waals surface area contributed by atoms with Crippen LogP contribution >= 0.6 is 0 Å². The molecule has 0 aliphatic carbocycles. The highest BCUT2D eigenvalue weighted by Gasteiger charge is 2.23. The van der Waals surface area contributed by atoms with E-state index in [9.17, 15) is 0 Å². The van der Waals surface area contributed by atoms with Crippen molar-refractivity contribution in [3.8, 4) is 0 Å². The zero-order valence-electron chi connectivity index (χ0n) is 12.3. The number of morpholine rings is 1. The maximum absolute atomic E-state index is 5.55. The summed E-state index contributed by atoms with van der Waals surface area (Å²) in [7, 11) is 0. The van der Waals surface area contributed by atoms with Crippen LogP contribution in [0.3, 0.4) is 0 Å². The van der Waals surface area contributed by atoms with Crippen LogP contribution < -0.4 is 0 Å². The fourth-order valence-electron chi connectivity index (χ4n) is 3.00. The normalized spacial score (nSPS) is 24.1. The molecule has 0 bridgehead atoms. The lowest BCUT2D eigenvalue weighted by Gasteiger charge is -2.27. The van der Waals surface area contributed by atoms with Gasteiger partial charge in [0.2, 0.25) is 0 Å². The Morgan fingerprint density at radius 1 is 1.20 bits per heavy atom. The second-order valence-corrected chi connectivity index (χ2v) is 5.64. The molecule has 0 aromatic carbocycles. The Bertz CT molecular complexity index is 438. The van der Waals surface area contributed by atoms with E-state index < -0.39 is 0 Å². The van der Waals surface area contributed by atoms with E-state index in [1.54, 1.807) is 0 Å². The summed E-state index contributed by atoms with van der Waals surface area (Å²) in [5.41, 5.74) is 3.84. The molecule has 0 spiro atoms. The van der Waals surface area contributed by atoms with E-state index in [0.29, 0.717) is 5.92 Å². The average Bonchev–Trinajstić information content (AvgIpc) is 3.02. The zero-order chi connectivity index (χ0) is 13.8. The summed E-state index contributed by atoms with van der Waals surface area (Å²) in [5, 5.41) is 0. The first-order valence-corrected chi connectivity index (χ1v) is 7.73. The molecule has 4 heteroatoms. The second kappa shape index (κ2) is 6.66. The highest BCUT2D eigenvalue weighted by molar-refractivity contribution is 5.28. The molecule has 0 N–H and O–H groups in total. The van der Waals surface area contributed by atoms with Crippen molar-refractivity contribution in [2.24, 2.45) is 0 Å². The van der Waals surface area contributed by atoms with Crippen LogP contribution in [0.2, 0.25) is 0 Å². The molecule has 0 unspecified atom stereocenters. The van der Waals surface area contributed by atoms with Crippen molar-refractivity contribution in [2.45, 2.75) is 32.2 Å². The van der Waals surface area contributed by atoms with Crippen LogP contribution in [0.5, 0.6) is 0 Å². The van der Waals surface area contributed by atoms with Gasteiger partial charge in [0.05, 0.1) is 25.5 Å². The highest BCUT2D eigenvalue weighted by atomic mass is 16.5. The van der Waals surface area contributed by atoms with Crippen molar-refractivity contribution in [2.75, 3.05) is 39.5 Å². The number of aryl methyl sites for hydroxylation is 1. The van der Waals surface area contributed by atoms with Crippen LogP contribution in [-0.2, 0) is 22.4 Å². The maximum Gasteiger partial charge on any atom is 0.0594 e. The Balaban J connectivity index is 1.80. The molecule has 3 heterocycles. The molecule has 0 amide bonds. The summed E-state index contributed by atoms with van der Waals surface area (Å²) in [6.07, 6.45) is 2.13. The first-order chi connectivity index (χ1) is 9.86. The molecule has 2 saturated heterocycles. The van der Waals surface area contributed by atoms with Crippen molar-refractivity contribution in [3.63, 3.8) is 0 Å². The van der Waals surface area contributed by atoms with Crippen molar-refractivity contribution < 1.29 is 9.47 Å². The van der Waals surface area contributed by atoms with Gasteiger partial charge in [-0.25, -0.2) is 0 Å². The van der Waals surface area contributed by atoms with Gasteiger partial charge in [0, 0.05) is 37.9 Å². The molecule has 3 rings (SSSR count). The summed E-state index contributed by atoms with van der Waals surface area (Å²) in [6.45, 7) is 8.56. The van der Waals surface area contributed by atoms with E-state index in [0.717, 1.165) is 58.9 Å². The molecule has 1 aromatic heterocycles. The minimum atomic E-state index is 0.532. The Hall–Kier alpha value is -0.970. The van der Waals surface area contributed by atoms with Crippen molar-refractivity contribution >= 4 is 0 Å². The van der Waals surface area contributed by atoms with Crippen LogP contribution in [0.1, 0.15) is 36.2 Å². The van der Waals surface area contributed by atoms with Gasteiger partial charge in [-0.3, -0.25) is 9.88 Å². The molecule has 2 aliphatic heterocycles. The molecular weight excluding hydrogens is 252 g/mol. The third kappa shape index (κ3) is 3.19. The van der Waals surface area contributed by atoms with Crippen LogP contribution in [0.25, 0.3) is 0 Å². The van der Waals surface area contributed by atoms with E-state index in [1.165, 1.54) is 17.0 Å². The number of hydrogen-bond acceptors (Lipinski definition) is 4. The molecule has 2 aliphatic rings. The lowest BCUT2D eigenvalue weighted by molar-refractivity contribution is 0.0334. The Morgan fingerprint density at radius 2 is 2.05 bits per heavy atom. The van der Waals surface area contributed by atoms with Gasteiger partial charge in [-0.2, -0.15) is 0 Å². The van der Waals surface area contributed by atoms with Crippen LogP contribution in [-0.4, -0.2) is 49.4 Å². The van der Waals surface area contributed by atoms with Crippen LogP contribution in [0, 0.1) is 0 Å². The molecule has 0 radical (unpaired) electrons. The van der Waals surface area contributed by atoms with Gasteiger partial charge in [0.15, 0.2) is 0 Å². The van der Waals surface area contributed by atoms with Gasteiger partial charge in [-0.1, -0.05) is 13.0 Å². The molecule has 0 saturated carbocycles. The van der Waals surface area contributed by atoms with Gasteiger partial charge < -0.3 is 9.47 Å². The number of ether oxygens (including phenoxy) is 2. The van der Waals surface area contributed by atoms with Crippen molar-refractivity contribution in [3.05, 3.63) is 29.1 Å². The number of hydrogen-bond donors (Lipinski definition) is 0. The molecule has 2 fully saturated rings. The van der Waals surface area contributed by atoms with Gasteiger partial charge in [-0.05, 0) is 24.5 Å². The Morgan fingerprint density at radius 3 is 2.75 bits per heavy atom. The standard InChI is InChI=1S/C16H24N2O2/c1-2-14-3-4-15(13-5-8-20-12-13)16(17-14)11-18-6-9-19-10-7-18/h3-4,13H,2,5-12H2,1H3/t13-/m1/s1. The predicted octanol–water partition coefficient (Wildman–Crippen LogP) is 1.98. The summed E-state index contributed by atoms with van der Waals surface area (Å²) in [5.74, 6) is 0.532. The Kier molecular flexibility index (Phi) is 4.65. The van der Waals surface area contributed by atoms with E-state index >= 15 is 0 Å². The number of pyridine rings is 1. The van der Waals surface area contributed by atoms with E-state index in [4.69, 9.17) is 14.5 Å². The van der Waals surface area contributed by atoms with Crippen molar-refractivity contribution in [1.82, 2.24) is 9.88 Å². The fourth-order valence-corrected chi connectivity index (χ4v) is 3.00. The summed E-state index contributed by atoms with van der Waals surface area (Å²) in [6, 6.07) is 4.46. The molecule has 4 nitrogen and oxygen atoms in total. The van der Waals surface area contributed by atoms with Crippen LogP contribution in [0.4, 0.5) is 0 Å². The van der Waals surface area contributed by atoms with E-state index in [1.807, 2.05) is 0 Å². The largest absolute Gasteiger partial charge is 0.381 e. The fraction of sp³-hybridized carbons (Fsp3) is 0.688. The highest BCUT2D eigenvalue weighted by Crippen LogP contribution is 2.28. The third-order valence-corrected chi connectivity index (χ3v) is 4.28. The molecule has 20 heavy (non-hydrogen) atoms. The average molecular weight is 276 g/mol. The molecular formula is C16H24N2O2. The third-order valence-electron chi connectivity index (χ3n) is 4.28. The molecule has 1 atom stereocenters. The molecule has 1 aromatic rings. The van der Waals surface area contributed by atoms with Gasteiger partial charge in [0.25, 0.3) is 0 Å². The van der Waals surface area contributed by atoms with Gasteiger partial charge >= 0.3 is 0 Å². The van der Waals surface area contributed by atoms with Crippen molar-refractivity contribution in [1.29, 1.82) is 0 Å². The van der Waals surface area contributed by atoms with Gasteiger partial charge in [-0.15, -0.1) is 0 Å². The smallest absolute Gasteiger partial charge is 0.0594 e. The second-order valence-electron chi connectivity index (χ2n) is 5.64.